The van der Waals surface area contributed by atoms with E-state index in [9.17, 15) is 9.59 Å². The Hall–Kier alpha value is -2.90. The van der Waals surface area contributed by atoms with Gasteiger partial charge in [0.15, 0.2) is 11.7 Å². The third-order valence-corrected chi connectivity index (χ3v) is 5.75. The summed E-state index contributed by atoms with van der Waals surface area (Å²) >= 11 is 7.36. The first kappa shape index (κ1) is 21.8. The number of hydrogen-bond acceptors (Lipinski definition) is 5. The molecule has 156 valence electrons. The van der Waals surface area contributed by atoms with Gasteiger partial charge in [-0.1, -0.05) is 52.8 Å². The number of hydrogen-bond donors (Lipinski definition) is 2. The summed E-state index contributed by atoms with van der Waals surface area (Å²) in [5.41, 5.74) is 4.35. The van der Waals surface area contributed by atoms with Crippen molar-refractivity contribution in [1.82, 2.24) is 4.98 Å². The maximum Gasteiger partial charge on any atom is 0.264 e. The smallest absolute Gasteiger partial charge is 0.264 e. The summed E-state index contributed by atoms with van der Waals surface area (Å²) in [7, 11) is 0. The van der Waals surface area contributed by atoms with Crippen LogP contribution in [0, 0.1) is 20.8 Å². The maximum atomic E-state index is 12.4. The summed E-state index contributed by atoms with van der Waals surface area (Å²) in [5.74, 6) is 0.0171. The molecule has 0 unspecified atom stereocenters. The van der Waals surface area contributed by atoms with Crippen LogP contribution in [0.2, 0.25) is 5.02 Å². The van der Waals surface area contributed by atoms with E-state index in [0.717, 1.165) is 22.3 Å². The number of thiazole rings is 1. The van der Waals surface area contributed by atoms with Gasteiger partial charge in [-0.25, -0.2) is 4.98 Å². The molecule has 1 aromatic heterocycles. The molecule has 0 radical (unpaired) electrons. The number of anilines is 2. The molecule has 0 fully saturated rings. The third-order valence-electron chi connectivity index (χ3n) is 4.27. The number of nitrogens with one attached hydrogen (secondary N) is 2. The highest BCUT2D eigenvalue weighted by molar-refractivity contribution is 7.20. The van der Waals surface area contributed by atoms with E-state index in [-0.39, 0.29) is 18.4 Å². The number of aryl methyl sites for hydroxylation is 3. The molecule has 2 N–H and O–H groups in total. The van der Waals surface area contributed by atoms with E-state index >= 15 is 0 Å². The fourth-order valence-corrected chi connectivity index (χ4v) is 3.88. The van der Waals surface area contributed by atoms with Crippen LogP contribution in [0.4, 0.5) is 10.1 Å². The van der Waals surface area contributed by atoms with E-state index in [1.54, 1.807) is 12.1 Å². The molecular weight excluding hydrogens is 422 g/mol. The number of amides is 2. The maximum absolute atomic E-state index is 12.4. The van der Waals surface area contributed by atoms with Crippen LogP contribution in [0.1, 0.15) is 23.6 Å². The highest BCUT2D eigenvalue weighted by Gasteiger charge is 2.16. The van der Waals surface area contributed by atoms with E-state index in [1.165, 1.54) is 18.3 Å². The fraction of sp³-hybridized carbons (Fsp3) is 0.227. The summed E-state index contributed by atoms with van der Waals surface area (Å²) in [6.45, 7) is 7.02. The Labute approximate surface area is 184 Å². The number of nitrogens with zero attached hydrogens (tertiary/aromatic N) is 1. The van der Waals surface area contributed by atoms with Gasteiger partial charge in [-0.05, 0) is 44.0 Å². The average molecular weight is 444 g/mol. The van der Waals surface area contributed by atoms with Gasteiger partial charge < -0.3 is 10.1 Å². The number of carbonyl (C=O) groups excluding carboxylic acids is 2. The van der Waals surface area contributed by atoms with Gasteiger partial charge in [0.1, 0.15) is 16.4 Å². The van der Waals surface area contributed by atoms with Gasteiger partial charge in [0.25, 0.3) is 5.91 Å². The van der Waals surface area contributed by atoms with Crippen molar-refractivity contribution in [1.29, 1.82) is 0 Å². The second-order valence-corrected chi connectivity index (χ2v) is 8.33. The summed E-state index contributed by atoms with van der Waals surface area (Å²) in [6.07, 6.45) is 0. The van der Waals surface area contributed by atoms with E-state index in [4.69, 9.17) is 16.3 Å². The van der Waals surface area contributed by atoms with Gasteiger partial charge >= 0.3 is 0 Å². The van der Waals surface area contributed by atoms with Crippen LogP contribution >= 0.6 is 22.9 Å². The number of carbonyl (C=O) groups is 2. The van der Waals surface area contributed by atoms with Gasteiger partial charge in [-0.3, -0.25) is 14.9 Å². The van der Waals surface area contributed by atoms with Crippen LogP contribution in [0.5, 0.6) is 5.75 Å². The Morgan fingerprint density at radius 1 is 1.07 bits per heavy atom. The quantitative estimate of drug-likeness (QED) is 0.537. The lowest BCUT2D eigenvalue weighted by atomic mass is 10.1. The first-order valence-corrected chi connectivity index (χ1v) is 10.5. The topological polar surface area (TPSA) is 80.3 Å². The van der Waals surface area contributed by atoms with Gasteiger partial charge in [0.2, 0.25) is 5.91 Å². The van der Waals surface area contributed by atoms with E-state index in [2.05, 4.69) is 15.6 Å². The molecule has 0 aliphatic rings. The number of aromatic nitrogens is 1. The van der Waals surface area contributed by atoms with Crippen molar-refractivity contribution in [3.8, 4) is 17.0 Å². The largest absolute Gasteiger partial charge is 0.484 e. The molecule has 2 amide bonds. The average Bonchev–Trinajstić information content (AvgIpc) is 3.06. The summed E-state index contributed by atoms with van der Waals surface area (Å²) in [4.78, 5) is 28.4. The molecule has 3 rings (SSSR count). The molecule has 0 saturated heterocycles. The number of ether oxygens (including phenoxy) is 1. The molecule has 0 bridgehead atoms. The molecule has 1 heterocycles. The van der Waals surface area contributed by atoms with Gasteiger partial charge in [-0.15, -0.1) is 0 Å². The molecule has 0 saturated carbocycles. The minimum absolute atomic E-state index is 0.171. The van der Waals surface area contributed by atoms with Crippen molar-refractivity contribution in [3.63, 3.8) is 0 Å². The fourth-order valence-electron chi connectivity index (χ4n) is 2.82. The predicted octanol–water partition coefficient (Wildman–Crippen LogP) is 5.36. The van der Waals surface area contributed by atoms with Crippen LogP contribution in [0.25, 0.3) is 11.3 Å². The molecule has 0 aliphatic carbocycles. The summed E-state index contributed by atoms with van der Waals surface area (Å²) in [6, 6.07) is 11.4. The SMILES string of the molecule is CC(=O)Nc1sc(NC(=O)COc2cc(C)c(Cl)c(C)c2)nc1-c1ccc(C)cc1. The minimum Gasteiger partial charge on any atom is -0.484 e. The standard InChI is InChI=1S/C22H22ClN3O3S/c1-12-5-7-16(8-6-12)20-21(24-15(4)27)30-22(26-20)25-18(28)11-29-17-9-13(2)19(23)14(3)10-17/h5-10H,11H2,1-4H3,(H,24,27)(H,25,26,28). The molecule has 0 aliphatic heterocycles. The number of benzene rings is 2. The van der Waals surface area contributed by atoms with Crippen molar-refractivity contribution < 1.29 is 14.3 Å². The third kappa shape index (κ3) is 5.37. The molecular formula is C22H22ClN3O3S. The molecule has 2 aromatic carbocycles. The monoisotopic (exact) mass is 443 g/mol. The molecule has 6 nitrogen and oxygen atoms in total. The summed E-state index contributed by atoms with van der Waals surface area (Å²) in [5, 5.41) is 7.15. The second kappa shape index (κ2) is 9.28. The molecule has 30 heavy (non-hydrogen) atoms. The lowest BCUT2D eigenvalue weighted by Crippen LogP contribution is -2.20. The van der Waals surface area contributed by atoms with Crippen LogP contribution in [-0.4, -0.2) is 23.4 Å². The van der Waals surface area contributed by atoms with Gasteiger partial charge in [-0.2, -0.15) is 0 Å². The first-order chi connectivity index (χ1) is 14.2. The van der Waals surface area contributed by atoms with Crippen molar-refractivity contribution >= 4 is 44.9 Å². The highest BCUT2D eigenvalue weighted by atomic mass is 35.5. The highest BCUT2D eigenvalue weighted by Crippen LogP contribution is 2.36. The predicted molar refractivity (Wildman–Crippen MR) is 122 cm³/mol. The Morgan fingerprint density at radius 2 is 1.70 bits per heavy atom. The van der Waals surface area contributed by atoms with Crippen LogP contribution in [0.15, 0.2) is 36.4 Å². The zero-order valence-electron chi connectivity index (χ0n) is 17.1. The first-order valence-electron chi connectivity index (χ1n) is 9.28. The van der Waals surface area contributed by atoms with Crippen molar-refractivity contribution in [3.05, 3.63) is 58.1 Å². The zero-order chi connectivity index (χ0) is 21.8. The van der Waals surface area contributed by atoms with Crippen LogP contribution in [0.3, 0.4) is 0 Å². The lowest BCUT2D eigenvalue weighted by molar-refractivity contribution is -0.118. The second-order valence-electron chi connectivity index (χ2n) is 6.95. The zero-order valence-corrected chi connectivity index (χ0v) is 18.7. The van der Waals surface area contributed by atoms with E-state index < -0.39 is 0 Å². The molecule has 8 heteroatoms. The van der Waals surface area contributed by atoms with Gasteiger partial charge in [0, 0.05) is 17.5 Å². The van der Waals surface area contributed by atoms with E-state index in [1.807, 2.05) is 45.0 Å². The van der Waals surface area contributed by atoms with Crippen molar-refractivity contribution in [2.75, 3.05) is 17.2 Å². The van der Waals surface area contributed by atoms with Crippen molar-refractivity contribution in [2.45, 2.75) is 27.7 Å². The normalized spacial score (nSPS) is 10.6. The molecule has 3 aromatic rings. The number of halogens is 1. The number of rotatable bonds is 6. The van der Waals surface area contributed by atoms with E-state index in [0.29, 0.717) is 26.6 Å². The van der Waals surface area contributed by atoms with Crippen LogP contribution in [-0.2, 0) is 9.59 Å². The minimum atomic E-state index is -0.348. The van der Waals surface area contributed by atoms with Crippen molar-refractivity contribution in [2.24, 2.45) is 0 Å². The summed E-state index contributed by atoms with van der Waals surface area (Å²) < 4.78 is 5.59. The molecule has 0 spiro atoms. The Kier molecular flexibility index (Phi) is 6.74. The van der Waals surface area contributed by atoms with Gasteiger partial charge in [0.05, 0.1) is 0 Å². The molecule has 0 atom stereocenters. The Morgan fingerprint density at radius 3 is 2.30 bits per heavy atom. The Balaban J connectivity index is 1.73. The van der Waals surface area contributed by atoms with Crippen LogP contribution < -0.4 is 15.4 Å². The Bertz CT molecular complexity index is 1070. The lowest BCUT2D eigenvalue weighted by Gasteiger charge is -2.09.